The largest absolute Gasteiger partial charge is 0.507 e. The molecule has 0 radical (unpaired) electrons. The predicted molar refractivity (Wildman–Crippen MR) is 80.5 cm³/mol. The molecule has 0 aliphatic rings. The van der Waals surface area contributed by atoms with Crippen molar-refractivity contribution in [3.63, 3.8) is 0 Å². The van der Waals surface area contributed by atoms with Crippen LogP contribution in [0.25, 0.3) is 10.8 Å². The zero-order valence-corrected chi connectivity index (χ0v) is 11.3. The summed E-state index contributed by atoms with van der Waals surface area (Å²) in [6, 6.07) is 17.5. The standard InChI is InChI=1S/C17H11ClO2/c18-13-8-5-12(6-9-13)17(20)16-14-4-2-1-3-11(14)7-10-15(16)19/h1-10,19H. The number of phenols is 1. The fraction of sp³-hybridized carbons (Fsp3) is 0. The Morgan fingerprint density at radius 3 is 2.35 bits per heavy atom. The summed E-state index contributed by atoms with van der Waals surface area (Å²) in [5.41, 5.74) is 0.825. The van der Waals surface area contributed by atoms with Gasteiger partial charge in [-0.1, -0.05) is 41.9 Å². The summed E-state index contributed by atoms with van der Waals surface area (Å²) in [4.78, 5) is 12.6. The summed E-state index contributed by atoms with van der Waals surface area (Å²) >= 11 is 5.83. The van der Waals surface area contributed by atoms with Gasteiger partial charge < -0.3 is 5.11 Å². The van der Waals surface area contributed by atoms with E-state index in [9.17, 15) is 9.90 Å². The fourth-order valence-electron chi connectivity index (χ4n) is 2.24. The van der Waals surface area contributed by atoms with Gasteiger partial charge >= 0.3 is 0 Å². The summed E-state index contributed by atoms with van der Waals surface area (Å²) in [6.07, 6.45) is 0. The van der Waals surface area contributed by atoms with Crippen molar-refractivity contribution in [1.29, 1.82) is 0 Å². The first-order valence-corrected chi connectivity index (χ1v) is 6.55. The van der Waals surface area contributed by atoms with E-state index in [4.69, 9.17) is 11.6 Å². The Kier molecular flexibility index (Phi) is 3.17. The van der Waals surface area contributed by atoms with Crippen molar-refractivity contribution in [2.75, 3.05) is 0 Å². The number of carbonyl (C=O) groups excluding carboxylic acids is 1. The Balaban J connectivity index is 2.21. The lowest BCUT2D eigenvalue weighted by Gasteiger charge is -2.08. The molecule has 0 bridgehead atoms. The molecule has 2 nitrogen and oxygen atoms in total. The van der Waals surface area contributed by atoms with Crippen LogP contribution in [0.3, 0.4) is 0 Å². The van der Waals surface area contributed by atoms with Crippen LogP contribution < -0.4 is 0 Å². The molecule has 1 N–H and O–H groups in total. The zero-order chi connectivity index (χ0) is 14.1. The molecule has 0 heterocycles. The highest BCUT2D eigenvalue weighted by molar-refractivity contribution is 6.30. The van der Waals surface area contributed by atoms with E-state index in [0.29, 0.717) is 16.1 Å². The maximum absolute atomic E-state index is 12.6. The molecular formula is C17H11ClO2. The smallest absolute Gasteiger partial charge is 0.197 e. The second-order valence-electron chi connectivity index (χ2n) is 4.52. The number of rotatable bonds is 2. The molecule has 0 atom stereocenters. The van der Waals surface area contributed by atoms with Gasteiger partial charge in [0.15, 0.2) is 5.78 Å². The van der Waals surface area contributed by atoms with Crippen molar-refractivity contribution < 1.29 is 9.90 Å². The van der Waals surface area contributed by atoms with E-state index in [1.807, 2.05) is 24.3 Å². The second kappa shape index (κ2) is 4.99. The lowest BCUT2D eigenvalue weighted by Crippen LogP contribution is -2.02. The van der Waals surface area contributed by atoms with Gasteiger partial charge in [0.2, 0.25) is 0 Å². The lowest BCUT2D eigenvalue weighted by atomic mass is 9.96. The van der Waals surface area contributed by atoms with Gasteiger partial charge in [0.1, 0.15) is 5.75 Å². The van der Waals surface area contributed by atoms with E-state index in [0.717, 1.165) is 10.8 Å². The SMILES string of the molecule is O=C(c1ccc(Cl)cc1)c1c(O)ccc2ccccc12. The first-order chi connectivity index (χ1) is 9.66. The molecule has 3 heteroatoms. The molecule has 0 saturated carbocycles. The van der Waals surface area contributed by atoms with Crippen molar-refractivity contribution in [2.45, 2.75) is 0 Å². The number of aromatic hydroxyl groups is 1. The van der Waals surface area contributed by atoms with Gasteiger partial charge in [-0.25, -0.2) is 0 Å². The van der Waals surface area contributed by atoms with E-state index < -0.39 is 0 Å². The van der Waals surface area contributed by atoms with Crippen LogP contribution in [-0.2, 0) is 0 Å². The average molecular weight is 283 g/mol. The average Bonchev–Trinajstić information content (AvgIpc) is 2.47. The van der Waals surface area contributed by atoms with Crippen LogP contribution >= 0.6 is 11.6 Å². The highest BCUT2D eigenvalue weighted by Crippen LogP contribution is 2.29. The van der Waals surface area contributed by atoms with Gasteiger partial charge in [0, 0.05) is 10.6 Å². The monoisotopic (exact) mass is 282 g/mol. The molecule has 3 rings (SSSR count). The number of halogens is 1. The third-order valence-corrected chi connectivity index (χ3v) is 3.49. The molecule has 3 aromatic carbocycles. The Hall–Kier alpha value is -2.32. The van der Waals surface area contributed by atoms with Gasteiger partial charge in [-0.05, 0) is 41.1 Å². The quantitative estimate of drug-likeness (QED) is 0.706. The van der Waals surface area contributed by atoms with Crippen molar-refractivity contribution >= 4 is 28.2 Å². The van der Waals surface area contributed by atoms with Crippen LogP contribution in [-0.4, -0.2) is 10.9 Å². The van der Waals surface area contributed by atoms with Crippen LogP contribution in [0, 0.1) is 0 Å². The number of hydrogen-bond acceptors (Lipinski definition) is 2. The highest BCUT2D eigenvalue weighted by Gasteiger charge is 2.16. The third kappa shape index (κ3) is 2.15. The summed E-state index contributed by atoms with van der Waals surface area (Å²) in [6.45, 7) is 0. The minimum Gasteiger partial charge on any atom is -0.507 e. The molecular weight excluding hydrogens is 272 g/mol. The Morgan fingerprint density at radius 2 is 1.60 bits per heavy atom. The molecule has 0 aliphatic heterocycles. The number of phenolic OH excluding ortho intramolecular Hbond substituents is 1. The molecule has 0 unspecified atom stereocenters. The molecule has 98 valence electrons. The van der Waals surface area contributed by atoms with Crippen molar-refractivity contribution in [2.24, 2.45) is 0 Å². The lowest BCUT2D eigenvalue weighted by molar-refractivity contribution is 0.103. The van der Waals surface area contributed by atoms with Gasteiger partial charge in [-0.2, -0.15) is 0 Å². The first kappa shape index (κ1) is 12.7. The topological polar surface area (TPSA) is 37.3 Å². The Morgan fingerprint density at radius 1 is 0.900 bits per heavy atom. The summed E-state index contributed by atoms with van der Waals surface area (Å²) < 4.78 is 0. The number of ketones is 1. The van der Waals surface area contributed by atoms with Gasteiger partial charge in [0.25, 0.3) is 0 Å². The zero-order valence-electron chi connectivity index (χ0n) is 10.5. The summed E-state index contributed by atoms with van der Waals surface area (Å²) in [7, 11) is 0. The van der Waals surface area contributed by atoms with Crippen LogP contribution in [0.2, 0.25) is 5.02 Å². The molecule has 20 heavy (non-hydrogen) atoms. The maximum atomic E-state index is 12.6. The van der Waals surface area contributed by atoms with Crippen LogP contribution in [0.1, 0.15) is 15.9 Å². The first-order valence-electron chi connectivity index (χ1n) is 6.18. The van der Waals surface area contributed by atoms with Crippen LogP contribution in [0.15, 0.2) is 60.7 Å². The van der Waals surface area contributed by atoms with E-state index in [1.54, 1.807) is 36.4 Å². The van der Waals surface area contributed by atoms with Crippen molar-refractivity contribution in [3.05, 3.63) is 76.8 Å². The van der Waals surface area contributed by atoms with Crippen molar-refractivity contribution in [3.8, 4) is 5.75 Å². The summed E-state index contributed by atoms with van der Waals surface area (Å²) in [5, 5.41) is 12.3. The van der Waals surface area contributed by atoms with Gasteiger partial charge in [-0.15, -0.1) is 0 Å². The van der Waals surface area contributed by atoms with Gasteiger partial charge in [0.05, 0.1) is 5.56 Å². The van der Waals surface area contributed by atoms with E-state index in [-0.39, 0.29) is 11.5 Å². The molecule has 0 aromatic heterocycles. The molecule has 0 spiro atoms. The third-order valence-electron chi connectivity index (χ3n) is 3.24. The number of carbonyl (C=O) groups is 1. The molecule has 0 aliphatic carbocycles. The normalized spacial score (nSPS) is 10.7. The Labute approximate surface area is 121 Å². The minimum atomic E-state index is -0.212. The van der Waals surface area contributed by atoms with E-state index in [1.165, 1.54) is 0 Å². The van der Waals surface area contributed by atoms with E-state index in [2.05, 4.69) is 0 Å². The maximum Gasteiger partial charge on any atom is 0.197 e. The number of fused-ring (bicyclic) bond motifs is 1. The predicted octanol–water partition coefficient (Wildman–Crippen LogP) is 4.43. The second-order valence-corrected chi connectivity index (χ2v) is 4.95. The van der Waals surface area contributed by atoms with Gasteiger partial charge in [-0.3, -0.25) is 4.79 Å². The molecule has 3 aromatic rings. The molecule has 0 fully saturated rings. The van der Waals surface area contributed by atoms with Crippen LogP contribution in [0.5, 0.6) is 5.75 Å². The van der Waals surface area contributed by atoms with Crippen LogP contribution in [0.4, 0.5) is 0 Å². The summed E-state index contributed by atoms with van der Waals surface area (Å²) in [5.74, 6) is -0.223. The highest BCUT2D eigenvalue weighted by atomic mass is 35.5. The fourth-order valence-corrected chi connectivity index (χ4v) is 2.37. The molecule has 0 amide bonds. The Bertz CT molecular complexity index is 792. The minimum absolute atomic E-state index is 0.0105. The van der Waals surface area contributed by atoms with Crippen molar-refractivity contribution in [1.82, 2.24) is 0 Å². The number of hydrogen-bond donors (Lipinski definition) is 1. The number of benzene rings is 3. The molecule has 0 saturated heterocycles. The van der Waals surface area contributed by atoms with E-state index >= 15 is 0 Å².